The maximum atomic E-state index is 11.8. The summed E-state index contributed by atoms with van der Waals surface area (Å²) in [7, 11) is -1.68. The highest BCUT2D eigenvalue weighted by molar-refractivity contribution is 7.90. The Hall–Kier alpha value is -2.09. The molecule has 8 heteroatoms. The second kappa shape index (κ2) is 6.38. The third kappa shape index (κ3) is 5.27. The molecule has 0 aliphatic carbocycles. The molecule has 2 amide bonds. The maximum absolute atomic E-state index is 11.8. The van der Waals surface area contributed by atoms with Crippen LogP contribution in [0.1, 0.15) is 10.4 Å². The van der Waals surface area contributed by atoms with Crippen LogP contribution < -0.4 is 5.32 Å². The van der Waals surface area contributed by atoms with E-state index in [-0.39, 0.29) is 17.9 Å². The number of hydrogen-bond donors (Lipinski definition) is 2. The van der Waals surface area contributed by atoms with Crippen LogP contribution in [-0.2, 0) is 9.84 Å². The summed E-state index contributed by atoms with van der Waals surface area (Å²) >= 11 is 0. The van der Waals surface area contributed by atoms with Crippen molar-refractivity contribution in [2.24, 2.45) is 0 Å². The standard InChI is InChI=1S/C12H16N2O5S/c1-14(6-7-20(2,18)19)12(17)13-10-5-3-4-9(8-10)11(15)16/h3-5,8H,6-7H2,1-2H3,(H,13,17)(H,15,16). The molecule has 0 bridgehead atoms. The summed E-state index contributed by atoms with van der Waals surface area (Å²) in [5.41, 5.74) is 0.391. The van der Waals surface area contributed by atoms with Crippen molar-refractivity contribution in [3.63, 3.8) is 0 Å². The van der Waals surface area contributed by atoms with E-state index in [0.717, 1.165) is 6.26 Å². The Balaban J connectivity index is 2.66. The van der Waals surface area contributed by atoms with Gasteiger partial charge in [-0.25, -0.2) is 18.0 Å². The van der Waals surface area contributed by atoms with E-state index in [1.54, 1.807) is 6.07 Å². The van der Waals surface area contributed by atoms with E-state index in [1.807, 2.05) is 0 Å². The van der Waals surface area contributed by atoms with Gasteiger partial charge in [0.05, 0.1) is 11.3 Å². The molecule has 0 spiro atoms. The zero-order chi connectivity index (χ0) is 15.3. The van der Waals surface area contributed by atoms with E-state index in [2.05, 4.69) is 5.32 Å². The number of carboxylic acid groups (broad SMARTS) is 1. The molecule has 20 heavy (non-hydrogen) atoms. The van der Waals surface area contributed by atoms with Gasteiger partial charge in [-0.2, -0.15) is 0 Å². The predicted octanol–water partition coefficient (Wildman–Crippen LogP) is 0.893. The Morgan fingerprint density at radius 1 is 1.35 bits per heavy atom. The van der Waals surface area contributed by atoms with Crippen molar-refractivity contribution in [2.45, 2.75) is 0 Å². The summed E-state index contributed by atoms with van der Waals surface area (Å²) in [6.07, 6.45) is 1.09. The van der Waals surface area contributed by atoms with Crippen LogP contribution in [0, 0.1) is 0 Å². The minimum atomic E-state index is -3.14. The number of anilines is 1. The van der Waals surface area contributed by atoms with Gasteiger partial charge in [0.2, 0.25) is 0 Å². The minimum absolute atomic E-state index is 0.0570. The highest BCUT2D eigenvalue weighted by Crippen LogP contribution is 2.11. The molecule has 110 valence electrons. The van der Waals surface area contributed by atoms with E-state index in [1.165, 1.54) is 30.1 Å². The highest BCUT2D eigenvalue weighted by Gasteiger charge is 2.12. The lowest BCUT2D eigenvalue weighted by atomic mass is 10.2. The minimum Gasteiger partial charge on any atom is -0.478 e. The van der Waals surface area contributed by atoms with Crippen LogP contribution in [0.2, 0.25) is 0 Å². The van der Waals surface area contributed by atoms with Gasteiger partial charge in [-0.05, 0) is 18.2 Å². The largest absolute Gasteiger partial charge is 0.478 e. The smallest absolute Gasteiger partial charge is 0.335 e. The molecule has 0 saturated carbocycles. The summed E-state index contributed by atoms with van der Waals surface area (Å²) in [6, 6.07) is 5.29. The molecular weight excluding hydrogens is 284 g/mol. The van der Waals surface area contributed by atoms with Crippen molar-refractivity contribution in [2.75, 3.05) is 30.9 Å². The maximum Gasteiger partial charge on any atom is 0.335 e. The van der Waals surface area contributed by atoms with Gasteiger partial charge in [-0.1, -0.05) is 6.07 Å². The number of carbonyl (C=O) groups is 2. The Kier molecular flexibility index (Phi) is 5.09. The summed E-state index contributed by atoms with van der Waals surface area (Å²) in [4.78, 5) is 23.8. The first-order chi connectivity index (χ1) is 9.19. The van der Waals surface area contributed by atoms with Crippen molar-refractivity contribution in [3.8, 4) is 0 Å². The molecule has 0 aromatic heterocycles. The van der Waals surface area contributed by atoms with Crippen LogP contribution in [0.25, 0.3) is 0 Å². The summed E-state index contributed by atoms with van der Waals surface area (Å²) in [5, 5.41) is 11.3. The van der Waals surface area contributed by atoms with E-state index in [9.17, 15) is 18.0 Å². The van der Waals surface area contributed by atoms with E-state index < -0.39 is 21.8 Å². The average Bonchev–Trinajstić information content (AvgIpc) is 2.35. The number of sulfone groups is 1. The SMILES string of the molecule is CN(CCS(C)(=O)=O)C(=O)Nc1cccc(C(=O)O)c1. The quantitative estimate of drug-likeness (QED) is 0.840. The first kappa shape index (κ1) is 16.0. The molecule has 0 heterocycles. The number of hydrogen-bond acceptors (Lipinski definition) is 4. The summed E-state index contributed by atoms with van der Waals surface area (Å²) in [6.45, 7) is 0.0588. The summed E-state index contributed by atoms with van der Waals surface area (Å²) < 4.78 is 22.0. The van der Waals surface area contributed by atoms with Gasteiger partial charge >= 0.3 is 12.0 Å². The van der Waals surface area contributed by atoms with Crippen molar-refractivity contribution >= 4 is 27.5 Å². The van der Waals surface area contributed by atoms with E-state index in [0.29, 0.717) is 5.69 Å². The van der Waals surface area contributed by atoms with Gasteiger partial charge in [0, 0.05) is 25.5 Å². The number of amides is 2. The third-order valence-electron chi connectivity index (χ3n) is 2.50. The molecule has 1 aromatic carbocycles. The monoisotopic (exact) mass is 300 g/mol. The Morgan fingerprint density at radius 3 is 2.55 bits per heavy atom. The van der Waals surface area contributed by atoms with E-state index in [4.69, 9.17) is 5.11 Å². The first-order valence-corrected chi connectivity index (χ1v) is 7.78. The van der Waals surface area contributed by atoms with Crippen molar-refractivity contribution in [1.29, 1.82) is 0 Å². The fourth-order valence-corrected chi connectivity index (χ4v) is 1.96. The lowest BCUT2D eigenvalue weighted by molar-refractivity contribution is 0.0697. The zero-order valence-electron chi connectivity index (χ0n) is 11.2. The molecule has 0 unspecified atom stereocenters. The Morgan fingerprint density at radius 2 is 2.00 bits per heavy atom. The molecule has 0 saturated heterocycles. The normalized spacial score (nSPS) is 10.9. The number of carboxylic acids is 1. The molecular formula is C12H16N2O5S. The molecule has 0 aliphatic rings. The van der Waals surface area contributed by atoms with Crippen LogP contribution in [-0.4, -0.2) is 56.0 Å². The van der Waals surface area contributed by atoms with Crippen molar-refractivity contribution < 1.29 is 23.1 Å². The molecule has 2 N–H and O–H groups in total. The molecule has 0 radical (unpaired) electrons. The number of urea groups is 1. The fraction of sp³-hybridized carbons (Fsp3) is 0.333. The number of carbonyl (C=O) groups excluding carboxylic acids is 1. The molecule has 1 aromatic rings. The van der Waals surface area contributed by atoms with Crippen molar-refractivity contribution in [3.05, 3.63) is 29.8 Å². The van der Waals surface area contributed by atoms with Crippen LogP contribution >= 0.6 is 0 Å². The van der Waals surface area contributed by atoms with Gasteiger partial charge in [0.1, 0.15) is 9.84 Å². The third-order valence-corrected chi connectivity index (χ3v) is 3.43. The fourth-order valence-electron chi connectivity index (χ4n) is 1.35. The summed E-state index contributed by atoms with van der Waals surface area (Å²) in [5.74, 6) is -1.22. The number of nitrogens with one attached hydrogen (secondary N) is 1. The highest BCUT2D eigenvalue weighted by atomic mass is 32.2. The predicted molar refractivity (Wildman–Crippen MR) is 74.8 cm³/mol. The molecule has 0 fully saturated rings. The van der Waals surface area contributed by atoms with Crippen LogP contribution in [0.5, 0.6) is 0 Å². The molecule has 0 aliphatic heterocycles. The Labute approximate surface area is 117 Å². The Bertz CT molecular complexity index is 612. The van der Waals surface area contributed by atoms with Gasteiger partial charge in [-0.3, -0.25) is 0 Å². The lowest BCUT2D eigenvalue weighted by Gasteiger charge is -2.17. The van der Waals surface area contributed by atoms with Gasteiger partial charge in [0.25, 0.3) is 0 Å². The zero-order valence-corrected chi connectivity index (χ0v) is 12.0. The van der Waals surface area contributed by atoms with Crippen LogP contribution in [0.3, 0.4) is 0 Å². The topological polar surface area (TPSA) is 104 Å². The van der Waals surface area contributed by atoms with Crippen molar-refractivity contribution in [1.82, 2.24) is 4.90 Å². The van der Waals surface area contributed by atoms with Gasteiger partial charge < -0.3 is 15.3 Å². The average molecular weight is 300 g/mol. The molecule has 1 rings (SSSR count). The van der Waals surface area contributed by atoms with Crippen LogP contribution in [0.4, 0.5) is 10.5 Å². The van der Waals surface area contributed by atoms with Gasteiger partial charge in [-0.15, -0.1) is 0 Å². The molecule has 7 nitrogen and oxygen atoms in total. The number of rotatable bonds is 5. The van der Waals surface area contributed by atoms with E-state index >= 15 is 0 Å². The van der Waals surface area contributed by atoms with Gasteiger partial charge in [0.15, 0.2) is 0 Å². The number of aromatic carboxylic acids is 1. The lowest BCUT2D eigenvalue weighted by Crippen LogP contribution is -2.34. The number of benzene rings is 1. The number of nitrogens with zero attached hydrogens (tertiary/aromatic N) is 1. The second-order valence-corrected chi connectivity index (χ2v) is 6.63. The molecule has 0 atom stereocenters. The first-order valence-electron chi connectivity index (χ1n) is 5.72. The van der Waals surface area contributed by atoms with Crippen LogP contribution in [0.15, 0.2) is 24.3 Å². The second-order valence-electron chi connectivity index (χ2n) is 4.37.